The van der Waals surface area contributed by atoms with Gasteiger partial charge in [0, 0.05) is 0 Å². The average molecular weight is 206 g/mol. The second-order valence-corrected chi connectivity index (χ2v) is 4.78. The summed E-state index contributed by atoms with van der Waals surface area (Å²) in [5.41, 5.74) is 1.22. The summed E-state index contributed by atoms with van der Waals surface area (Å²) < 4.78 is 5.96. The van der Waals surface area contributed by atoms with Crippen LogP contribution in [0.25, 0.3) is 0 Å². The lowest BCUT2D eigenvalue weighted by molar-refractivity contribution is 0.0967. The Morgan fingerprint density at radius 3 is 2.27 bits per heavy atom. The molecule has 0 aromatic heterocycles. The number of ether oxygens (including phenoxy) is 1. The molecule has 0 spiro atoms. The van der Waals surface area contributed by atoms with Crippen LogP contribution in [-0.4, -0.2) is 5.60 Å². The topological polar surface area (TPSA) is 9.23 Å². The van der Waals surface area contributed by atoms with Crippen molar-refractivity contribution in [2.24, 2.45) is 0 Å². The van der Waals surface area contributed by atoms with Crippen LogP contribution in [0.1, 0.15) is 45.6 Å². The highest BCUT2D eigenvalue weighted by Gasteiger charge is 2.18. The van der Waals surface area contributed by atoms with Crippen molar-refractivity contribution >= 4 is 0 Å². The molecular formula is C14H22O. The van der Waals surface area contributed by atoms with Crippen LogP contribution in [0.4, 0.5) is 0 Å². The predicted octanol–water partition coefficient (Wildman–Crippen LogP) is 4.34. The molecule has 1 nitrogen and oxygen atoms in total. The number of hydrogen-bond acceptors (Lipinski definition) is 1. The lowest BCUT2D eigenvalue weighted by Crippen LogP contribution is -2.27. The molecule has 1 rings (SSSR count). The Kier molecular flexibility index (Phi) is 4.19. The molecule has 1 heteroatoms. The van der Waals surface area contributed by atoms with Gasteiger partial charge in [0.1, 0.15) is 11.4 Å². The molecule has 0 fully saturated rings. The minimum absolute atomic E-state index is 0.0503. The smallest absolute Gasteiger partial charge is 0.120 e. The van der Waals surface area contributed by atoms with Crippen LogP contribution in [0.3, 0.4) is 0 Å². The van der Waals surface area contributed by atoms with Crippen molar-refractivity contribution in [3.63, 3.8) is 0 Å². The monoisotopic (exact) mass is 206 g/mol. The molecule has 0 unspecified atom stereocenters. The first kappa shape index (κ1) is 12.1. The average Bonchev–Trinajstić information content (AvgIpc) is 2.18. The Morgan fingerprint density at radius 2 is 1.73 bits per heavy atom. The van der Waals surface area contributed by atoms with Gasteiger partial charge >= 0.3 is 0 Å². The van der Waals surface area contributed by atoms with Gasteiger partial charge < -0.3 is 4.74 Å². The Hall–Kier alpha value is -0.980. The van der Waals surface area contributed by atoms with Crippen molar-refractivity contribution in [3.8, 4) is 5.75 Å². The van der Waals surface area contributed by atoms with Gasteiger partial charge in [-0.15, -0.1) is 0 Å². The molecule has 0 amide bonds. The Bertz CT molecular complexity index is 285. The molecule has 0 aliphatic heterocycles. The molecule has 0 bridgehead atoms. The van der Waals surface area contributed by atoms with Crippen molar-refractivity contribution in [2.45, 2.75) is 52.6 Å². The fraction of sp³-hybridized carbons (Fsp3) is 0.571. The number of hydrogen-bond donors (Lipinski definition) is 0. The summed E-state index contributed by atoms with van der Waals surface area (Å²) in [5.74, 6) is 0.974. The molecule has 1 aromatic carbocycles. The maximum absolute atomic E-state index is 5.96. The molecule has 0 N–H and O–H groups in total. The number of benzene rings is 1. The third-order valence-corrected chi connectivity index (χ3v) is 2.55. The summed E-state index contributed by atoms with van der Waals surface area (Å²) in [6.45, 7) is 8.61. The molecule has 0 saturated carbocycles. The van der Waals surface area contributed by atoms with E-state index < -0.39 is 0 Å². The summed E-state index contributed by atoms with van der Waals surface area (Å²) in [6.07, 6.45) is 3.55. The van der Waals surface area contributed by atoms with E-state index in [9.17, 15) is 0 Å². The van der Waals surface area contributed by atoms with Gasteiger partial charge in [-0.25, -0.2) is 0 Å². The van der Waals surface area contributed by atoms with E-state index in [1.54, 1.807) is 0 Å². The Labute approximate surface area is 93.5 Å². The van der Waals surface area contributed by atoms with Crippen molar-refractivity contribution in [3.05, 3.63) is 29.8 Å². The van der Waals surface area contributed by atoms with Gasteiger partial charge in [-0.05, 0) is 45.7 Å². The summed E-state index contributed by atoms with van der Waals surface area (Å²) in [7, 11) is 0. The zero-order valence-corrected chi connectivity index (χ0v) is 10.3. The molecule has 1 aromatic rings. The van der Waals surface area contributed by atoms with Gasteiger partial charge in [0.2, 0.25) is 0 Å². The fourth-order valence-electron chi connectivity index (χ4n) is 1.58. The largest absolute Gasteiger partial charge is 0.488 e. The van der Waals surface area contributed by atoms with Gasteiger partial charge in [0.15, 0.2) is 0 Å². The van der Waals surface area contributed by atoms with Gasteiger partial charge in [-0.1, -0.05) is 31.0 Å². The van der Waals surface area contributed by atoms with Crippen LogP contribution < -0.4 is 4.74 Å². The third-order valence-electron chi connectivity index (χ3n) is 2.55. The molecule has 0 saturated heterocycles. The van der Waals surface area contributed by atoms with Crippen LogP contribution in [-0.2, 0) is 0 Å². The van der Waals surface area contributed by atoms with Crippen LogP contribution in [0.15, 0.2) is 24.3 Å². The summed E-state index contributed by atoms with van der Waals surface area (Å²) in [5, 5.41) is 0. The maximum atomic E-state index is 5.96. The lowest BCUT2D eigenvalue weighted by Gasteiger charge is -2.26. The van der Waals surface area contributed by atoms with Crippen LogP contribution >= 0.6 is 0 Å². The van der Waals surface area contributed by atoms with Crippen LogP contribution in [0.5, 0.6) is 5.75 Å². The molecule has 0 radical (unpaired) electrons. The van der Waals surface area contributed by atoms with Crippen molar-refractivity contribution in [1.82, 2.24) is 0 Å². The first-order valence-corrected chi connectivity index (χ1v) is 5.79. The standard InChI is InChI=1S/C14H22O/c1-5-6-11-14(3,4)15-13-9-7-12(2)8-10-13/h7-10H,5-6,11H2,1-4H3. The second-order valence-electron chi connectivity index (χ2n) is 4.78. The summed E-state index contributed by atoms with van der Waals surface area (Å²) in [4.78, 5) is 0. The number of rotatable bonds is 5. The van der Waals surface area contributed by atoms with E-state index in [0.717, 1.165) is 12.2 Å². The quantitative estimate of drug-likeness (QED) is 0.696. The van der Waals surface area contributed by atoms with Crippen molar-refractivity contribution < 1.29 is 4.74 Å². The first-order chi connectivity index (χ1) is 7.03. The van der Waals surface area contributed by atoms with Crippen molar-refractivity contribution in [2.75, 3.05) is 0 Å². The molecular weight excluding hydrogens is 184 g/mol. The first-order valence-electron chi connectivity index (χ1n) is 5.79. The number of unbranched alkanes of at least 4 members (excludes halogenated alkanes) is 1. The number of aryl methyl sites for hydroxylation is 1. The summed E-state index contributed by atoms with van der Waals surface area (Å²) in [6, 6.07) is 8.27. The third kappa shape index (κ3) is 4.37. The Balaban J connectivity index is 2.56. The molecule has 84 valence electrons. The fourth-order valence-corrected chi connectivity index (χ4v) is 1.58. The molecule has 0 aliphatic carbocycles. The molecule has 0 aliphatic rings. The molecule has 0 heterocycles. The SMILES string of the molecule is CCCCC(C)(C)Oc1ccc(C)cc1. The van der Waals surface area contributed by atoms with Gasteiger partial charge in [0.05, 0.1) is 0 Å². The van der Waals surface area contributed by atoms with E-state index in [2.05, 4.69) is 39.8 Å². The zero-order valence-electron chi connectivity index (χ0n) is 10.3. The van der Waals surface area contributed by atoms with Crippen LogP contribution in [0.2, 0.25) is 0 Å². The van der Waals surface area contributed by atoms with E-state index >= 15 is 0 Å². The molecule has 15 heavy (non-hydrogen) atoms. The Morgan fingerprint density at radius 1 is 1.13 bits per heavy atom. The van der Waals surface area contributed by atoms with Crippen LogP contribution in [0, 0.1) is 6.92 Å². The van der Waals surface area contributed by atoms with Gasteiger partial charge in [-0.2, -0.15) is 0 Å². The normalized spacial score (nSPS) is 11.5. The summed E-state index contributed by atoms with van der Waals surface area (Å²) >= 11 is 0. The minimum Gasteiger partial charge on any atom is -0.488 e. The van der Waals surface area contributed by atoms with Gasteiger partial charge in [-0.3, -0.25) is 0 Å². The minimum atomic E-state index is -0.0503. The maximum Gasteiger partial charge on any atom is 0.120 e. The zero-order chi connectivity index (χ0) is 11.3. The lowest BCUT2D eigenvalue weighted by atomic mass is 10.0. The van der Waals surface area contributed by atoms with E-state index in [4.69, 9.17) is 4.74 Å². The van der Waals surface area contributed by atoms with E-state index in [1.807, 2.05) is 12.1 Å². The van der Waals surface area contributed by atoms with E-state index in [0.29, 0.717) is 0 Å². The highest BCUT2D eigenvalue weighted by Crippen LogP contribution is 2.22. The van der Waals surface area contributed by atoms with E-state index in [-0.39, 0.29) is 5.60 Å². The highest BCUT2D eigenvalue weighted by molar-refractivity contribution is 5.26. The second kappa shape index (κ2) is 5.20. The van der Waals surface area contributed by atoms with E-state index in [1.165, 1.54) is 18.4 Å². The predicted molar refractivity (Wildman–Crippen MR) is 65.4 cm³/mol. The molecule has 0 atom stereocenters. The van der Waals surface area contributed by atoms with Crippen molar-refractivity contribution in [1.29, 1.82) is 0 Å². The highest BCUT2D eigenvalue weighted by atomic mass is 16.5. The van der Waals surface area contributed by atoms with Gasteiger partial charge in [0.25, 0.3) is 0 Å².